The van der Waals surface area contributed by atoms with E-state index in [-0.39, 0.29) is 0 Å². The van der Waals surface area contributed by atoms with E-state index >= 15 is 0 Å². The van der Waals surface area contributed by atoms with Gasteiger partial charge in [-0.15, -0.1) is 0 Å². The fraction of sp³-hybridized carbons (Fsp3) is 0.100. The van der Waals surface area contributed by atoms with E-state index in [1.807, 2.05) is 0 Å². The van der Waals surface area contributed by atoms with Gasteiger partial charge in [0.05, 0.1) is 23.8 Å². The van der Waals surface area contributed by atoms with Gasteiger partial charge in [-0.25, -0.2) is 0 Å². The third-order valence-corrected chi connectivity index (χ3v) is 2.08. The lowest BCUT2D eigenvalue weighted by Gasteiger charge is -2.02. The van der Waals surface area contributed by atoms with Gasteiger partial charge in [-0.1, -0.05) is 0 Å². The molecule has 0 aliphatic heterocycles. The molecule has 0 radical (unpaired) electrons. The Kier molecular flexibility index (Phi) is 1.89. The van der Waals surface area contributed by atoms with Crippen LogP contribution in [0.25, 0.3) is 11.1 Å². The lowest BCUT2D eigenvalue weighted by Crippen LogP contribution is -2.20. The van der Waals surface area contributed by atoms with Crippen LogP contribution in [0.1, 0.15) is 5.69 Å². The molecule has 0 spiro atoms. The number of aromatic nitrogens is 1. The van der Waals surface area contributed by atoms with Crippen LogP contribution in [0.5, 0.6) is 0 Å². The molecule has 2 rings (SSSR count). The maximum absolute atomic E-state index is 11.6. The third-order valence-electron chi connectivity index (χ3n) is 2.08. The average Bonchev–Trinajstić information content (AvgIpc) is 2.67. The molecule has 0 aliphatic carbocycles. The van der Waals surface area contributed by atoms with Crippen molar-refractivity contribution in [2.24, 2.45) is 0 Å². The monoisotopic (exact) mass is 191 g/mol. The Balaban J connectivity index is 2.68. The summed E-state index contributed by atoms with van der Waals surface area (Å²) in [5.74, 6) is 0. The first kappa shape index (κ1) is 8.62. The second-order valence-corrected chi connectivity index (χ2v) is 3.02. The van der Waals surface area contributed by atoms with Crippen molar-refractivity contribution < 1.29 is 9.62 Å². The van der Waals surface area contributed by atoms with E-state index in [1.165, 1.54) is 12.5 Å². The number of furan rings is 1. The van der Waals surface area contributed by atoms with Gasteiger partial charge in [-0.2, -0.15) is 4.73 Å². The predicted octanol–water partition coefficient (Wildman–Crippen LogP) is 1.65. The SMILES string of the molecule is Cc1ccc(-c2ccoc2)c(=O)n1O. The normalized spacial score (nSPS) is 10.4. The number of nitrogens with zero attached hydrogens (tertiary/aromatic N) is 1. The molecule has 0 bridgehead atoms. The Morgan fingerprint density at radius 1 is 1.36 bits per heavy atom. The van der Waals surface area contributed by atoms with Gasteiger partial charge in [-0.3, -0.25) is 4.79 Å². The first-order valence-corrected chi connectivity index (χ1v) is 4.14. The molecule has 0 atom stereocenters. The molecule has 0 unspecified atom stereocenters. The summed E-state index contributed by atoms with van der Waals surface area (Å²) >= 11 is 0. The zero-order valence-electron chi connectivity index (χ0n) is 7.60. The minimum absolute atomic E-state index is 0.423. The summed E-state index contributed by atoms with van der Waals surface area (Å²) in [6.45, 7) is 1.65. The quantitative estimate of drug-likeness (QED) is 0.697. The molecular weight excluding hydrogens is 182 g/mol. The zero-order chi connectivity index (χ0) is 10.1. The van der Waals surface area contributed by atoms with Crippen LogP contribution in [-0.4, -0.2) is 9.94 Å². The highest BCUT2D eigenvalue weighted by molar-refractivity contribution is 5.60. The van der Waals surface area contributed by atoms with Gasteiger partial charge < -0.3 is 9.62 Å². The Hall–Kier alpha value is -1.97. The number of hydrogen-bond donors (Lipinski definition) is 1. The fourth-order valence-electron chi connectivity index (χ4n) is 1.26. The van der Waals surface area contributed by atoms with E-state index in [1.54, 1.807) is 25.1 Å². The van der Waals surface area contributed by atoms with Crippen LogP contribution in [0.15, 0.2) is 39.9 Å². The summed E-state index contributed by atoms with van der Waals surface area (Å²) in [5, 5.41) is 9.36. The van der Waals surface area contributed by atoms with Crippen LogP contribution >= 0.6 is 0 Å². The van der Waals surface area contributed by atoms with Crippen LogP contribution in [0.4, 0.5) is 0 Å². The van der Waals surface area contributed by atoms with Gasteiger partial charge in [0, 0.05) is 5.56 Å². The molecule has 0 aliphatic rings. The van der Waals surface area contributed by atoms with Gasteiger partial charge in [0.25, 0.3) is 5.56 Å². The smallest absolute Gasteiger partial charge is 0.291 e. The van der Waals surface area contributed by atoms with Crippen LogP contribution in [0.3, 0.4) is 0 Å². The summed E-state index contributed by atoms with van der Waals surface area (Å²) in [6.07, 6.45) is 2.95. The van der Waals surface area contributed by atoms with Crippen molar-refractivity contribution in [1.29, 1.82) is 0 Å². The van der Waals surface area contributed by atoms with E-state index in [0.29, 0.717) is 21.6 Å². The van der Waals surface area contributed by atoms with E-state index in [4.69, 9.17) is 4.42 Å². The van der Waals surface area contributed by atoms with E-state index in [2.05, 4.69) is 0 Å². The number of hydrogen-bond acceptors (Lipinski definition) is 3. The number of rotatable bonds is 1. The first-order chi connectivity index (χ1) is 6.70. The Bertz CT molecular complexity index is 497. The summed E-state index contributed by atoms with van der Waals surface area (Å²) in [6, 6.07) is 5.00. The molecule has 72 valence electrons. The Morgan fingerprint density at radius 2 is 2.14 bits per heavy atom. The largest absolute Gasteiger partial charge is 0.472 e. The van der Waals surface area contributed by atoms with Crippen LogP contribution in [0, 0.1) is 6.92 Å². The van der Waals surface area contributed by atoms with E-state index in [9.17, 15) is 10.0 Å². The average molecular weight is 191 g/mol. The van der Waals surface area contributed by atoms with Crippen LogP contribution in [-0.2, 0) is 0 Å². The molecule has 2 aromatic heterocycles. The molecule has 0 aromatic carbocycles. The first-order valence-electron chi connectivity index (χ1n) is 4.14. The van der Waals surface area contributed by atoms with Gasteiger partial charge >= 0.3 is 0 Å². The minimum atomic E-state index is -0.439. The molecule has 14 heavy (non-hydrogen) atoms. The fourth-order valence-corrected chi connectivity index (χ4v) is 1.26. The van der Waals surface area contributed by atoms with Crippen LogP contribution < -0.4 is 5.56 Å². The molecule has 2 heterocycles. The lowest BCUT2D eigenvalue weighted by atomic mass is 10.1. The summed E-state index contributed by atoms with van der Waals surface area (Å²) in [7, 11) is 0. The molecule has 0 saturated heterocycles. The van der Waals surface area contributed by atoms with Gasteiger partial charge in [0.1, 0.15) is 0 Å². The highest BCUT2D eigenvalue weighted by Crippen LogP contribution is 2.15. The highest BCUT2D eigenvalue weighted by Gasteiger charge is 2.07. The van der Waals surface area contributed by atoms with E-state index in [0.717, 1.165) is 0 Å². The minimum Gasteiger partial charge on any atom is -0.472 e. The van der Waals surface area contributed by atoms with Gasteiger partial charge in [0.2, 0.25) is 0 Å². The molecular formula is C10H9NO3. The summed E-state index contributed by atoms with van der Waals surface area (Å²) in [4.78, 5) is 11.6. The summed E-state index contributed by atoms with van der Waals surface area (Å²) in [5.41, 5.74) is 1.15. The zero-order valence-corrected chi connectivity index (χ0v) is 7.60. The number of aryl methyl sites for hydroxylation is 1. The molecule has 4 nitrogen and oxygen atoms in total. The second-order valence-electron chi connectivity index (χ2n) is 3.02. The van der Waals surface area contributed by atoms with E-state index < -0.39 is 5.56 Å². The molecule has 1 N–H and O–H groups in total. The highest BCUT2D eigenvalue weighted by atomic mass is 16.5. The van der Waals surface area contributed by atoms with Crippen molar-refractivity contribution in [3.63, 3.8) is 0 Å². The van der Waals surface area contributed by atoms with Crippen LogP contribution in [0.2, 0.25) is 0 Å². The Morgan fingerprint density at radius 3 is 2.79 bits per heavy atom. The maximum atomic E-state index is 11.6. The molecule has 4 heteroatoms. The van der Waals surface area contributed by atoms with Gasteiger partial charge in [0.15, 0.2) is 0 Å². The van der Waals surface area contributed by atoms with Crippen molar-refractivity contribution in [2.75, 3.05) is 0 Å². The number of pyridine rings is 1. The Labute approximate surface area is 80.0 Å². The topological polar surface area (TPSA) is 55.4 Å². The predicted molar refractivity (Wildman–Crippen MR) is 50.3 cm³/mol. The van der Waals surface area contributed by atoms with Crippen molar-refractivity contribution in [2.45, 2.75) is 6.92 Å². The molecule has 0 saturated carbocycles. The standard InChI is InChI=1S/C10H9NO3/c1-7-2-3-9(10(12)11(7)13)8-4-5-14-6-8/h2-6,13H,1H3. The molecule has 0 amide bonds. The van der Waals surface area contributed by atoms with Crippen molar-refractivity contribution in [1.82, 2.24) is 4.73 Å². The van der Waals surface area contributed by atoms with Crippen molar-refractivity contribution in [3.05, 3.63) is 46.8 Å². The summed E-state index contributed by atoms with van der Waals surface area (Å²) < 4.78 is 5.49. The van der Waals surface area contributed by atoms with Gasteiger partial charge in [-0.05, 0) is 25.1 Å². The molecule has 2 aromatic rings. The third kappa shape index (κ3) is 1.21. The second kappa shape index (κ2) is 3.06. The maximum Gasteiger partial charge on any atom is 0.291 e. The lowest BCUT2D eigenvalue weighted by molar-refractivity contribution is 0.169. The van der Waals surface area contributed by atoms with Crippen molar-refractivity contribution >= 4 is 0 Å². The van der Waals surface area contributed by atoms with Crippen molar-refractivity contribution in [3.8, 4) is 11.1 Å². The molecule has 0 fully saturated rings.